The van der Waals surface area contributed by atoms with Crippen molar-refractivity contribution in [2.75, 3.05) is 11.9 Å². The molecule has 0 aliphatic rings. The van der Waals surface area contributed by atoms with E-state index in [-0.39, 0.29) is 6.10 Å². The predicted octanol–water partition coefficient (Wildman–Crippen LogP) is 4.87. The quantitative estimate of drug-likeness (QED) is 0.754. The second kappa shape index (κ2) is 8.32. The van der Waals surface area contributed by atoms with E-state index in [4.69, 9.17) is 9.47 Å². The standard InChI is InChI=1S/C19H25NO2/c1-4-15(3)22-19-11-7-9-17(13-19)20-14-16-8-6-10-18(12-16)21-5-2/h6-13,15,20H,4-5,14H2,1-3H3. The van der Waals surface area contributed by atoms with Crippen LogP contribution in [0, 0.1) is 0 Å². The van der Waals surface area contributed by atoms with E-state index in [1.54, 1.807) is 0 Å². The van der Waals surface area contributed by atoms with E-state index >= 15 is 0 Å². The lowest BCUT2D eigenvalue weighted by Crippen LogP contribution is -2.09. The molecule has 3 nitrogen and oxygen atoms in total. The van der Waals surface area contributed by atoms with E-state index in [9.17, 15) is 0 Å². The molecule has 0 aromatic heterocycles. The third-order valence-electron chi connectivity index (χ3n) is 3.45. The zero-order valence-electron chi connectivity index (χ0n) is 13.6. The van der Waals surface area contributed by atoms with Gasteiger partial charge in [0.05, 0.1) is 12.7 Å². The summed E-state index contributed by atoms with van der Waals surface area (Å²) in [6.07, 6.45) is 1.24. The van der Waals surface area contributed by atoms with E-state index in [0.29, 0.717) is 6.61 Å². The maximum absolute atomic E-state index is 5.85. The van der Waals surface area contributed by atoms with Crippen LogP contribution in [0.4, 0.5) is 5.69 Å². The van der Waals surface area contributed by atoms with Gasteiger partial charge in [-0.05, 0) is 50.1 Å². The molecule has 0 radical (unpaired) electrons. The van der Waals surface area contributed by atoms with Crippen molar-refractivity contribution >= 4 is 5.69 Å². The minimum absolute atomic E-state index is 0.234. The van der Waals surface area contributed by atoms with Crippen molar-refractivity contribution in [1.29, 1.82) is 0 Å². The monoisotopic (exact) mass is 299 g/mol. The van der Waals surface area contributed by atoms with Gasteiger partial charge in [-0.3, -0.25) is 0 Å². The Balaban J connectivity index is 1.96. The molecule has 1 unspecified atom stereocenters. The molecule has 0 heterocycles. The molecule has 0 bridgehead atoms. The zero-order chi connectivity index (χ0) is 15.8. The van der Waals surface area contributed by atoms with Crippen LogP contribution in [0.3, 0.4) is 0 Å². The molecular weight excluding hydrogens is 274 g/mol. The molecule has 2 aromatic rings. The van der Waals surface area contributed by atoms with Crippen LogP contribution in [0.5, 0.6) is 11.5 Å². The van der Waals surface area contributed by atoms with Crippen molar-refractivity contribution in [2.24, 2.45) is 0 Å². The van der Waals surface area contributed by atoms with Crippen LogP contribution in [0.15, 0.2) is 48.5 Å². The van der Waals surface area contributed by atoms with E-state index in [1.165, 1.54) is 5.56 Å². The Labute approximate surface area is 133 Å². The fourth-order valence-electron chi connectivity index (χ4n) is 2.11. The van der Waals surface area contributed by atoms with Crippen molar-refractivity contribution in [1.82, 2.24) is 0 Å². The topological polar surface area (TPSA) is 30.5 Å². The summed E-state index contributed by atoms with van der Waals surface area (Å²) in [5, 5.41) is 3.43. The van der Waals surface area contributed by atoms with Crippen LogP contribution in [0.25, 0.3) is 0 Å². The van der Waals surface area contributed by atoms with Crippen LogP contribution in [0.1, 0.15) is 32.8 Å². The lowest BCUT2D eigenvalue weighted by molar-refractivity contribution is 0.217. The summed E-state index contributed by atoms with van der Waals surface area (Å²) in [4.78, 5) is 0. The highest BCUT2D eigenvalue weighted by Crippen LogP contribution is 2.20. The molecule has 22 heavy (non-hydrogen) atoms. The van der Waals surface area contributed by atoms with Gasteiger partial charge in [-0.15, -0.1) is 0 Å². The molecule has 2 aromatic carbocycles. The molecular formula is C19H25NO2. The zero-order valence-corrected chi connectivity index (χ0v) is 13.6. The van der Waals surface area contributed by atoms with Crippen molar-refractivity contribution in [3.05, 3.63) is 54.1 Å². The lowest BCUT2D eigenvalue weighted by atomic mass is 10.2. The molecule has 118 valence electrons. The first-order chi connectivity index (χ1) is 10.7. The lowest BCUT2D eigenvalue weighted by Gasteiger charge is -2.14. The Kier molecular flexibility index (Phi) is 6.13. The highest BCUT2D eigenvalue weighted by Gasteiger charge is 2.02. The minimum atomic E-state index is 0.234. The van der Waals surface area contributed by atoms with Crippen molar-refractivity contribution < 1.29 is 9.47 Å². The average Bonchev–Trinajstić information content (AvgIpc) is 2.54. The van der Waals surface area contributed by atoms with Gasteiger partial charge in [0.25, 0.3) is 0 Å². The summed E-state index contributed by atoms with van der Waals surface area (Å²) in [7, 11) is 0. The highest BCUT2D eigenvalue weighted by atomic mass is 16.5. The number of ether oxygens (including phenoxy) is 2. The average molecular weight is 299 g/mol. The Hall–Kier alpha value is -2.16. The summed E-state index contributed by atoms with van der Waals surface area (Å²) >= 11 is 0. The summed E-state index contributed by atoms with van der Waals surface area (Å²) < 4.78 is 11.4. The number of hydrogen-bond acceptors (Lipinski definition) is 3. The summed E-state index contributed by atoms with van der Waals surface area (Å²) in [5.74, 6) is 1.82. The summed E-state index contributed by atoms with van der Waals surface area (Å²) in [5.41, 5.74) is 2.25. The Morgan fingerprint density at radius 2 is 1.77 bits per heavy atom. The first kappa shape index (κ1) is 16.2. The first-order valence-electron chi connectivity index (χ1n) is 7.93. The van der Waals surface area contributed by atoms with E-state index in [2.05, 4.69) is 37.4 Å². The normalized spacial score (nSPS) is 11.8. The number of hydrogen-bond donors (Lipinski definition) is 1. The predicted molar refractivity (Wildman–Crippen MR) is 91.8 cm³/mol. The Morgan fingerprint density at radius 1 is 1.00 bits per heavy atom. The van der Waals surface area contributed by atoms with Gasteiger partial charge >= 0.3 is 0 Å². The van der Waals surface area contributed by atoms with Gasteiger partial charge < -0.3 is 14.8 Å². The molecule has 0 aliphatic carbocycles. The molecule has 0 spiro atoms. The van der Waals surface area contributed by atoms with Crippen LogP contribution < -0.4 is 14.8 Å². The van der Waals surface area contributed by atoms with Gasteiger partial charge in [-0.1, -0.05) is 25.1 Å². The molecule has 0 saturated carbocycles. The second-order valence-electron chi connectivity index (χ2n) is 5.30. The van der Waals surface area contributed by atoms with E-state index in [1.807, 2.05) is 37.3 Å². The summed E-state index contributed by atoms with van der Waals surface area (Å²) in [6.45, 7) is 7.64. The molecule has 0 fully saturated rings. The fourth-order valence-corrected chi connectivity index (χ4v) is 2.11. The Morgan fingerprint density at radius 3 is 2.55 bits per heavy atom. The third kappa shape index (κ3) is 4.99. The molecule has 0 aliphatic heterocycles. The third-order valence-corrected chi connectivity index (χ3v) is 3.45. The minimum Gasteiger partial charge on any atom is -0.494 e. The van der Waals surface area contributed by atoms with Crippen LogP contribution in [-0.2, 0) is 6.54 Å². The maximum atomic E-state index is 5.85. The highest BCUT2D eigenvalue weighted by molar-refractivity contribution is 5.48. The van der Waals surface area contributed by atoms with E-state index < -0.39 is 0 Å². The van der Waals surface area contributed by atoms with Crippen LogP contribution >= 0.6 is 0 Å². The SMILES string of the molecule is CCOc1cccc(CNc2cccc(OC(C)CC)c2)c1. The number of anilines is 1. The van der Waals surface area contributed by atoms with Gasteiger partial charge in [0.2, 0.25) is 0 Å². The molecule has 1 atom stereocenters. The van der Waals surface area contributed by atoms with E-state index in [0.717, 1.165) is 30.2 Å². The molecule has 0 amide bonds. The number of benzene rings is 2. The van der Waals surface area contributed by atoms with Crippen LogP contribution in [-0.4, -0.2) is 12.7 Å². The van der Waals surface area contributed by atoms with Crippen molar-refractivity contribution in [3.8, 4) is 11.5 Å². The van der Waals surface area contributed by atoms with Crippen molar-refractivity contribution in [3.63, 3.8) is 0 Å². The maximum Gasteiger partial charge on any atom is 0.121 e. The van der Waals surface area contributed by atoms with Gasteiger partial charge in [0.1, 0.15) is 11.5 Å². The van der Waals surface area contributed by atoms with Gasteiger partial charge in [0, 0.05) is 18.3 Å². The fraction of sp³-hybridized carbons (Fsp3) is 0.368. The number of nitrogens with one attached hydrogen (secondary N) is 1. The van der Waals surface area contributed by atoms with Crippen LogP contribution in [0.2, 0.25) is 0 Å². The second-order valence-corrected chi connectivity index (χ2v) is 5.30. The van der Waals surface area contributed by atoms with Gasteiger partial charge in [-0.2, -0.15) is 0 Å². The molecule has 0 saturated heterocycles. The first-order valence-corrected chi connectivity index (χ1v) is 7.93. The Bertz CT molecular complexity index is 583. The smallest absolute Gasteiger partial charge is 0.121 e. The van der Waals surface area contributed by atoms with Gasteiger partial charge in [-0.25, -0.2) is 0 Å². The summed E-state index contributed by atoms with van der Waals surface area (Å²) in [6, 6.07) is 16.3. The largest absolute Gasteiger partial charge is 0.494 e. The number of rotatable bonds is 8. The molecule has 2 rings (SSSR count). The molecule has 3 heteroatoms. The van der Waals surface area contributed by atoms with Crippen molar-refractivity contribution in [2.45, 2.75) is 39.8 Å². The van der Waals surface area contributed by atoms with Gasteiger partial charge in [0.15, 0.2) is 0 Å². The molecule has 1 N–H and O–H groups in total.